The highest BCUT2D eigenvalue weighted by molar-refractivity contribution is 7.10. The Labute approximate surface area is 64.5 Å². The summed E-state index contributed by atoms with van der Waals surface area (Å²) in [5, 5.41) is 2.09. The van der Waals surface area contributed by atoms with Gasteiger partial charge in [0.2, 0.25) is 0 Å². The van der Waals surface area contributed by atoms with Gasteiger partial charge in [0.1, 0.15) is 0 Å². The molecule has 0 radical (unpaired) electrons. The maximum atomic E-state index is 5.66. The SMILES string of the molecule is CCc1ccsc1CCl. The Morgan fingerprint density at radius 3 is 2.89 bits per heavy atom. The zero-order valence-electron chi connectivity index (χ0n) is 5.36. The molecule has 0 spiro atoms. The van der Waals surface area contributed by atoms with Crippen LogP contribution in [0.2, 0.25) is 0 Å². The van der Waals surface area contributed by atoms with Crippen molar-refractivity contribution < 1.29 is 0 Å². The zero-order chi connectivity index (χ0) is 6.69. The summed E-state index contributed by atoms with van der Waals surface area (Å²) in [7, 11) is 0. The van der Waals surface area contributed by atoms with Gasteiger partial charge >= 0.3 is 0 Å². The van der Waals surface area contributed by atoms with Gasteiger partial charge in [-0.15, -0.1) is 22.9 Å². The van der Waals surface area contributed by atoms with Crippen LogP contribution in [0.5, 0.6) is 0 Å². The zero-order valence-corrected chi connectivity index (χ0v) is 6.93. The molecule has 1 heterocycles. The largest absolute Gasteiger partial charge is 0.147 e. The molecule has 50 valence electrons. The Bertz CT molecular complexity index is 162. The molecule has 0 nitrogen and oxygen atoms in total. The number of halogens is 1. The summed E-state index contributed by atoms with van der Waals surface area (Å²) in [5.41, 5.74) is 1.40. The Morgan fingerprint density at radius 2 is 2.44 bits per heavy atom. The maximum Gasteiger partial charge on any atom is 0.0570 e. The standard InChI is InChI=1S/C7H9ClS/c1-2-6-3-4-9-7(6)5-8/h3-4H,2,5H2,1H3. The lowest BCUT2D eigenvalue weighted by Gasteiger charge is -1.91. The van der Waals surface area contributed by atoms with Crippen LogP contribution in [0.25, 0.3) is 0 Å². The van der Waals surface area contributed by atoms with Crippen molar-refractivity contribution in [2.75, 3.05) is 0 Å². The van der Waals surface area contributed by atoms with Crippen LogP contribution in [0.4, 0.5) is 0 Å². The summed E-state index contributed by atoms with van der Waals surface area (Å²) in [4.78, 5) is 1.32. The molecule has 9 heavy (non-hydrogen) atoms. The predicted octanol–water partition coefficient (Wildman–Crippen LogP) is 3.05. The maximum absolute atomic E-state index is 5.66. The second-order valence-corrected chi connectivity index (χ2v) is 3.12. The highest BCUT2D eigenvalue weighted by Gasteiger charge is 1.98. The van der Waals surface area contributed by atoms with Gasteiger partial charge in [-0.2, -0.15) is 0 Å². The fourth-order valence-electron chi connectivity index (χ4n) is 0.799. The topological polar surface area (TPSA) is 0 Å². The van der Waals surface area contributed by atoms with Gasteiger partial charge in [0.05, 0.1) is 5.88 Å². The summed E-state index contributed by atoms with van der Waals surface area (Å²) in [5.74, 6) is 0.668. The van der Waals surface area contributed by atoms with Crippen LogP contribution in [0.15, 0.2) is 11.4 Å². The molecule has 0 aliphatic rings. The number of aryl methyl sites for hydroxylation is 1. The molecule has 0 aromatic carbocycles. The van der Waals surface area contributed by atoms with Crippen LogP contribution in [-0.4, -0.2) is 0 Å². The molecule has 0 atom stereocenters. The van der Waals surface area contributed by atoms with E-state index >= 15 is 0 Å². The van der Waals surface area contributed by atoms with Crippen LogP contribution in [0.1, 0.15) is 17.4 Å². The van der Waals surface area contributed by atoms with Crippen LogP contribution in [0, 0.1) is 0 Å². The normalized spacial score (nSPS) is 10.0. The third-order valence-electron chi connectivity index (χ3n) is 1.34. The quantitative estimate of drug-likeness (QED) is 0.584. The molecule has 0 aliphatic carbocycles. The molecule has 0 bridgehead atoms. The van der Waals surface area contributed by atoms with Gasteiger partial charge in [-0.25, -0.2) is 0 Å². The first kappa shape index (κ1) is 7.10. The van der Waals surface area contributed by atoms with Gasteiger partial charge in [0.25, 0.3) is 0 Å². The third-order valence-corrected chi connectivity index (χ3v) is 2.73. The lowest BCUT2D eigenvalue weighted by molar-refractivity contribution is 1.13. The van der Waals surface area contributed by atoms with Gasteiger partial charge in [-0.05, 0) is 23.4 Å². The predicted molar refractivity (Wildman–Crippen MR) is 43.3 cm³/mol. The first-order chi connectivity index (χ1) is 4.38. The smallest absolute Gasteiger partial charge is 0.0570 e. The van der Waals surface area contributed by atoms with E-state index in [0.717, 1.165) is 6.42 Å². The summed E-state index contributed by atoms with van der Waals surface area (Å²) >= 11 is 7.40. The number of thiophene rings is 1. The summed E-state index contributed by atoms with van der Waals surface area (Å²) < 4.78 is 0. The number of hydrogen-bond donors (Lipinski definition) is 0. The third kappa shape index (κ3) is 1.46. The molecule has 0 fully saturated rings. The number of hydrogen-bond acceptors (Lipinski definition) is 1. The van der Waals surface area contributed by atoms with Crippen LogP contribution >= 0.6 is 22.9 Å². The van der Waals surface area contributed by atoms with Crippen molar-refractivity contribution in [3.63, 3.8) is 0 Å². The lowest BCUT2D eigenvalue weighted by atomic mass is 10.2. The van der Waals surface area contributed by atoms with Crippen LogP contribution in [0.3, 0.4) is 0 Å². The lowest BCUT2D eigenvalue weighted by Crippen LogP contribution is -1.78. The van der Waals surface area contributed by atoms with Crippen LogP contribution in [-0.2, 0) is 12.3 Å². The van der Waals surface area contributed by atoms with Gasteiger partial charge < -0.3 is 0 Å². The molecule has 1 rings (SSSR count). The summed E-state index contributed by atoms with van der Waals surface area (Å²) in [6.07, 6.45) is 1.10. The minimum Gasteiger partial charge on any atom is -0.147 e. The Balaban J connectivity index is 2.85. The molecule has 1 aromatic heterocycles. The van der Waals surface area contributed by atoms with E-state index in [1.807, 2.05) is 0 Å². The van der Waals surface area contributed by atoms with E-state index in [2.05, 4.69) is 18.4 Å². The molecule has 0 saturated carbocycles. The Morgan fingerprint density at radius 1 is 1.67 bits per heavy atom. The minimum absolute atomic E-state index is 0.668. The fraction of sp³-hybridized carbons (Fsp3) is 0.429. The second kappa shape index (κ2) is 3.23. The van der Waals surface area contributed by atoms with E-state index in [4.69, 9.17) is 11.6 Å². The molecule has 1 aromatic rings. The van der Waals surface area contributed by atoms with Crippen molar-refractivity contribution in [1.82, 2.24) is 0 Å². The van der Waals surface area contributed by atoms with Crippen molar-refractivity contribution in [3.05, 3.63) is 21.9 Å². The van der Waals surface area contributed by atoms with Crippen molar-refractivity contribution >= 4 is 22.9 Å². The molecular weight excluding hydrogens is 152 g/mol. The monoisotopic (exact) mass is 160 g/mol. The minimum atomic E-state index is 0.668. The van der Waals surface area contributed by atoms with Gasteiger partial charge in [-0.3, -0.25) is 0 Å². The van der Waals surface area contributed by atoms with Crippen molar-refractivity contribution in [3.8, 4) is 0 Å². The van der Waals surface area contributed by atoms with Crippen molar-refractivity contribution in [2.45, 2.75) is 19.2 Å². The van der Waals surface area contributed by atoms with E-state index in [-0.39, 0.29) is 0 Å². The molecule has 0 N–H and O–H groups in total. The summed E-state index contributed by atoms with van der Waals surface area (Å²) in [6.45, 7) is 2.15. The van der Waals surface area contributed by atoms with Crippen LogP contribution < -0.4 is 0 Å². The van der Waals surface area contributed by atoms with E-state index in [1.165, 1.54) is 10.4 Å². The van der Waals surface area contributed by atoms with Gasteiger partial charge in [-0.1, -0.05) is 6.92 Å². The second-order valence-electron chi connectivity index (χ2n) is 1.86. The highest BCUT2D eigenvalue weighted by Crippen LogP contribution is 2.18. The van der Waals surface area contributed by atoms with E-state index in [9.17, 15) is 0 Å². The van der Waals surface area contributed by atoms with E-state index in [1.54, 1.807) is 11.3 Å². The number of alkyl halides is 1. The molecule has 0 saturated heterocycles. The summed E-state index contributed by atoms with van der Waals surface area (Å²) in [6, 6.07) is 2.14. The van der Waals surface area contributed by atoms with Gasteiger partial charge in [0.15, 0.2) is 0 Å². The Kier molecular flexibility index (Phi) is 2.55. The molecule has 2 heteroatoms. The number of rotatable bonds is 2. The molecule has 0 aliphatic heterocycles. The average Bonchev–Trinajstić information content (AvgIpc) is 2.33. The molecule has 0 amide bonds. The first-order valence-electron chi connectivity index (χ1n) is 2.99. The van der Waals surface area contributed by atoms with Gasteiger partial charge in [0, 0.05) is 4.88 Å². The molecular formula is C7H9ClS. The fourth-order valence-corrected chi connectivity index (χ4v) is 1.98. The average molecular weight is 161 g/mol. The Hall–Kier alpha value is -0.0100. The first-order valence-corrected chi connectivity index (χ1v) is 4.41. The van der Waals surface area contributed by atoms with E-state index < -0.39 is 0 Å². The molecule has 0 unspecified atom stereocenters. The van der Waals surface area contributed by atoms with E-state index in [0.29, 0.717) is 5.88 Å². The van der Waals surface area contributed by atoms with Crippen molar-refractivity contribution in [2.24, 2.45) is 0 Å². The van der Waals surface area contributed by atoms with Crippen molar-refractivity contribution in [1.29, 1.82) is 0 Å². The highest BCUT2D eigenvalue weighted by atomic mass is 35.5.